The lowest BCUT2D eigenvalue weighted by Gasteiger charge is -1.92. The van der Waals surface area contributed by atoms with Gasteiger partial charge in [0.2, 0.25) is 0 Å². The predicted molar refractivity (Wildman–Crippen MR) is 37.0 cm³/mol. The fourth-order valence-corrected chi connectivity index (χ4v) is 1.00. The highest BCUT2D eigenvalue weighted by Gasteiger charge is 2.07. The quantitative estimate of drug-likeness (QED) is 0.519. The van der Waals surface area contributed by atoms with Crippen LogP contribution in [0.4, 0.5) is 0 Å². The second-order valence-electron chi connectivity index (χ2n) is 2.21. The lowest BCUT2D eigenvalue weighted by Crippen LogP contribution is -1.88. The Morgan fingerprint density at radius 2 is 2.11 bits per heavy atom. The molecule has 0 amide bonds. The molecule has 1 aliphatic carbocycles. The van der Waals surface area contributed by atoms with Crippen LogP contribution in [0.25, 0.3) is 0 Å². The normalized spacial score (nSPS) is 18.1. The van der Waals surface area contributed by atoms with Crippen molar-refractivity contribution in [2.24, 2.45) is 5.16 Å². The third kappa shape index (κ3) is 2.04. The highest BCUT2D eigenvalue weighted by Crippen LogP contribution is 2.14. The summed E-state index contributed by atoms with van der Waals surface area (Å²) in [6.07, 6.45) is 4.83. The average molecular weight is 126 g/mol. The molecule has 1 saturated carbocycles. The Morgan fingerprint density at radius 1 is 1.44 bits per heavy atom. The van der Waals surface area contributed by atoms with Gasteiger partial charge in [-0.3, -0.25) is 0 Å². The standard InChI is InChI=1S/C7H12NO/c1-2-9-8-7-5-3-4-6-7/h2H,3-6H2,1H3. The zero-order valence-electron chi connectivity index (χ0n) is 5.76. The van der Waals surface area contributed by atoms with E-state index in [0.717, 1.165) is 12.8 Å². The van der Waals surface area contributed by atoms with Crippen LogP contribution in [0.1, 0.15) is 32.6 Å². The number of hydrogen-bond acceptors (Lipinski definition) is 2. The van der Waals surface area contributed by atoms with Crippen molar-refractivity contribution in [2.75, 3.05) is 0 Å². The van der Waals surface area contributed by atoms with Gasteiger partial charge in [0.25, 0.3) is 0 Å². The van der Waals surface area contributed by atoms with Gasteiger partial charge >= 0.3 is 0 Å². The molecule has 2 nitrogen and oxygen atoms in total. The number of oxime groups is 1. The molecule has 0 aromatic carbocycles. The molecule has 9 heavy (non-hydrogen) atoms. The molecule has 0 heterocycles. The van der Waals surface area contributed by atoms with Crippen LogP contribution < -0.4 is 0 Å². The van der Waals surface area contributed by atoms with Crippen LogP contribution in [-0.4, -0.2) is 5.71 Å². The molecule has 1 rings (SSSR count). The van der Waals surface area contributed by atoms with Crippen molar-refractivity contribution < 1.29 is 4.84 Å². The van der Waals surface area contributed by atoms with Crippen LogP contribution in [0.5, 0.6) is 0 Å². The molecule has 0 aromatic heterocycles. The smallest absolute Gasteiger partial charge is 0.163 e. The van der Waals surface area contributed by atoms with E-state index < -0.39 is 0 Å². The van der Waals surface area contributed by atoms with E-state index in [1.54, 1.807) is 6.61 Å². The van der Waals surface area contributed by atoms with Crippen molar-refractivity contribution >= 4 is 5.71 Å². The van der Waals surface area contributed by atoms with Crippen LogP contribution in [0.15, 0.2) is 5.16 Å². The van der Waals surface area contributed by atoms with E-state index >= 15 is 0 Å². The fraction of sp³-hybridized carbons (Fsp3) is 0.714. The van der Waals surface area contributed by atoms with Crippen LogP contribution in [0.3, 0.4) is 0 Å². The molecule has 1 radical (unpaired) electrons. The van der Waals surface area contributed by atoms with E-state index in [2.05, 4.69) is 5.16 Å². The molecular weight excluding hydrogens is 114 g/mol. The van der Waals surface area contributed by atoms with Crippen molar-refractivity contribution in [2.45, 2.75) is 32.6 Å². The maximum Gasteiger partial charge on any atom is 0.163 e. The summed E-state index contributed by atoms with van der Waals surface area (Å²) in [4.78, 5) is 4.78. The molecule has 0 unspecified atom stereocenters. The Morgan fingerprint density at radius 3 is 2.67 bits per heavy atom. The van der Waals surface area contributed by atoms with E-state index in [1.807, 2.05) is 6.92 Å². The molecule has 1 aliphatic rings. The first-order chi connectivity index (χ1) is 4.43. The van der Waals surface area contributed by atoms with Gasteiger partial charge in [-0.05, 0) is 32.6 Å². The molecule has 51 valence electrons. The summed E-state index contributed by atoms with van der Waals surface area (Å²) in [6.45, 7) is 3.43. The van der Waals surface area contributed by atoms with Crippen LogP contribution in [0.2, 0.25) is 0 Å². The minimum atomic E-state index is 1.13. The Balaban J connectivity index is 2.22. The second-order valence-corrected chi connectivity index (χ2v) is 2.21. The summed E-state index contributed by atoms with van der Waals surface area (Å²) in [5, 5.41) is 3.90. The molecule has 0 spiro atoms. The third-order valence-electron chi connectivity index (χ3n) is 1.47. The zero-order chi connectivity index (χ0) is 6.53. The van der Waals surface area contributed by atoms with Gasteiger partial charge in [-0.1, -0.05) is 5.16 Å². The molecule has 0 aromatic rings. The Kier molecular flexibility index (Phi) is 2.55. The minimum Gasteiger partial charge on any atom is -0.389 e. The molecule has 2 heteroatoms. The van der Waals surface area contributed by atoms with E-state index in [-0.39, 0.29) is 0 Å². The van der Waals surface area contributed by atoms with Crippen molar-refractivity contribution in [1.29, 1.82) is 0 Å². The number of nitrogens with zero attached hydrogens (tertiary/aromatic N) is 1. The number of rotatable bonds is 2. The van der Waals surface area contributed by atoms with Gasteiger partial charge in [0, 0.05) is 0 Å². The summed E-state index contributed by atoms with van der Waals surface area (Å²) in [5.74, 6) is 0. The van der Waals surface area contributed by atoms with Crippen molar-refractivity contribution in [3.05, 3.63) is 6.61 Å². The molecule has 0 aliphatic heterocycles. The van der Waals surface area contributed by atoms with Crippen molar-refractivity contribution in [3.8, 4) is 0 Å². The van der Waals surface area contributed by atoms with Gasteiger partial charge in [-0.15, -0.1) is 0 Å². The Labute approximate surface area is 55.9 Å². The van der Waals surface area contributed by atoms with E-state index in [4.69, 9.17) is 4.84 Å². The van der Waals surface area contributed by atoms with E-state index in [1.165, 1.54) is 18.6 Å². The first-order valence-electron chi connectivity index (χ1n) is 3.43. The second kappa shape index (κ2) is 3.49. The highest BCUT2D eigenvalue weighted by atomic mass is 16.6. The highest BCUT2D eigenvalue weighted by molar-refractivity contribution is 5.85. The fourth-order valence-electron chi connectivity index (χ4n) is 1.00. The van der Waals surface area contributed by atoms with Gasteiger partial charge in [-0.2, -0.15) is 0 Å². The SMILES string of the molecule is C[CH]ON=C1CCCC1. The average Bonchev–Trinajstić information content (AvgIpc) is 2.34. The van der Waals surface area contributed by atoms with Crippen molar-refractivity contribution in [3.63, 3.8) is 0 Å². The topological polar surface area (TPSA) is 21.6 Å². The maximum atomic E-state index is 4.78. The first-order valence-corrected chi connectivity index (χ1v) is 3.43. The molecule has 0 bridgehead atoms. The zero-order valence-corrected chi connectivity index (χ0v) is 5.76. The van der Waals surface area contributed by atoms with E-state index in [9.17, 15) is 0 Å². The summed E-state index contributed by atoms with van der Waals surface area (Å²) in [5.41, 5.74) is 1.22. The van der Waals surface area contributed by atoms with Gasteiger partial charge in [0.1, 0.15) is 0 Å². The molecule has 0 atom stereocenters. The van der Waals surface area contributed by atoms with E-state index in [0.29, 0.717) is 0 Å². The first kappa shape index (κ1) is 6.59. The summed E-state index contributed by atoms with van der Waals surface area (Å²) >= 11 is 0. The summed E-state index contributed by atoms with van der Waals surface area (Å²) in [6, 6.07) is 0. The van der Waals surface area contributed by atoms with Gasteiger partial charge in [0.05, 0.1) is 5.71 Å². The van der Waals surface area contributed by atoms with Crippen LogP contribution in [0, 0.1) is 6.61 Å². The van der Waals surface area contributed by atoms with Crippen molar-refractivity contribution in [1.82, 2.24) is 0 Å². The third-order valence-corrected chi connectivity index (χ3v) is 1.47. The van der Waals surface area contributed by atoms with Gasteiger partial charge in [0.15, 0.2) is 6.61 Å². The largest absolute Gasteiger partial charge is 0.389 e. The summed E-state index contributed by atoms with van der Waals surface area (Å²) in [7, 11) is 0. The maximum absolute atomic E-state index is 4.78. The lowest BCUT2D eigenvalue weighted by molar-refractivity contribution is 0.218. The van der Waals surface area contributed by atoms with Crippen LogP contribution in [-0.2, 0) is 4.84 Å². The molecule has 0 N–H and O–H groups in total. The monoisotopic (exact) mass is 126 g/mol. The Hall–Kier alpha value is -0.530. The molecular formula is C7H12NO. The predicted octanol–water partition coefficient (Wildman–Crippen LogP) is 2.11. The Bertz CT molecular complexity index is 101. The summed E-state index contributed by atoms with van der Waals surface area (Å²) < 4.78 is 0. The number of hydrogen-bond donors (Lipinski definition) is 0. The van der Waals surface area contributed by atoms with Crippen LogP contribution >= 0.6 is 0 Å². The minimum absolute atomic E-state index is 1.13. The molecule has 1 fully saturated rings. The van der Waals surface area contributed by atoms with Gasteiger partial charge < -0.3 is 4.84 Å². The van der Waals surface area contributed by atoms with Gasteiger partial charge in [-0.25, -0.2) is 0 Å². The molecule has 0 saturated heterocycles. The lowest BCUT2D eigenvalue weighted by atomic mass is 10.3.